The molecular formula is C14H18O2. The van der Waals surface area contributed by atoms with Crippen molar-refractivity contribution in [1.29, 1.82) is 0 Å². The molecule has 1 aromatic rings. The third-order valence-electron chi connectivity index (χ3n) is 3.15. The number of hydrogen-bond acceptors (Lipinski definition) is 2. The van der Waals surface area contributed by atoms with E-state index in [2.05, 4.69) is 13.0 Å². The van der Waals surface area contributed by atoms with E-state index in [1.165, 1.54) is 5.56 Å². The first kappa shape index (κ1) is 11.4. The van der Waals surface area contributed by atoms with E-state index in [0.717, 1.165) is 0 Å². The molecule has 3 unspecified atom stereocenters. The Morgan fingerprint density at radius 2 is 1.94 bits per heavy atom. The Bertz CT molecular complexity index is 333. The van der Waals surface area contributed by atoms with E-state index in [4.69, 9.17) is 4.74 Å². The molecule has 0 bridgehead atoms. The minimum Gasteiger partial charge on any atom is -0.389 e. The zero-order valence-corrected chi connectivity index (χ0v) is 9.54. The molecule has 0 aliphatic heterocycles. The molecule has 1 aromatic carbocycles. The summed E-state index contributed by atoms with van der Waals surface area (Å²) in [5.74, 6) is 0.620. The van der Waals surface area contributed by atoms with Gasteiger partial charge in [0.05, 0.1) is 19.3 Å². The van der Waals surface area contributed by atoms with E-state index in [1.807, 2.05) is 36.4 Å². The van der Waals surface area contributed by atoms with Crippen LogP contribution in [0.2, 0.25) is 0 Å². The zero-order valence-electron chi connectivity index (χ0n) is 9.54. The first-order valence-corrected chi connectivity index (χ1v) is 5.75. The Morgan fingerprint density at radius 1 is 1.19 bits per heavy atom. The van der Waals surface area contributed by atoms with Gasteiger partial charge in [0.2, 0.25) is 0 Å². The van der Waals surface area contributed by atoms with Crippen molar-refractivity contribution in [1.82, 2.24) is 0 Å². The molecular weight excluding hydrogens is 200 g/mol. The fraction of sp³-hybridized carbons (Fsp3) is 0.429. The molecule has 3 atom stereocenters. The van der Waals surface area contributed by atoms with Crippen molar-refractivity contribution < 1.29 is 9.84 Å². The highest BCUT2D eigenvalue weighted by Crippen LogP contribution is 2.25. The fourth-order valence-corrected chi connectivity index (χ4v) is 2.02. The second-order valence-corrected chi connectivity index (χ2v) is 4.40. The number of aliphatic hydroxyl groups excluding tert-OH is 1. The highest BCUT2D eigenvalue weighted by Gasteiger charge is 2.27. The standard InChI is InChI=1S/C14H18O2/c1-11-7-8-14(15)13(11)10-16-9-12-5-3-2-4-6-12/h2-8,11,13-15H,9-10H2,1H3. The summed E-state index contributed by atoms with van der Waals surface area (Å²) >= 11 is 0. The lowest BCUT2D eigenvalue weighted by molar-refractivity contribution is 0.0327. The van der Waals surface area contributed by atoms with E-state index >= 15 is 0 Å². The maximum atomic E-state index is 9.69. The van der Waals surface area contributed by atoms with Crippen LogP contribution in [0.3, 0.4) is 0 Å². The van der Waals surface area contributed by atoms with Crippen molar-refractivity contribution in [3.05, 3.63) is 48.0 Å². The number of allylic oxidation sites excluding steroid dienone is 1. The van der Waals surface area contributed by atoms with Gasteiger partial charge in [0.15, 0.2) is 0 Å². The summed E-state index contributed by atoms with van der Waals surface area (Å²) in [4.78, 5) is 0. The Hall–Kier alpha value is -1.12. The van der Waals surface area contributed by atoms with E-state index in [1.54, 1.807) is 0 Å². The molecule has 0 saturated carbocycles. The average Bonchev–Trinajstić information content (AvgIpc) is 2.62. The summed E-state index contributed by atoms with van der Waals surface area (Å²) in [6, 6.07) is 10.1. The molecule has 1 N–H and O–H groups in total. The van der Waals surface area contributed by atoms with Crippen LogP contribution in [0.15, 0.2) is 42.5 Å². The second-order valence-electron chi connectivity index (χ2n) is 4.40. The van der Waals surface area contributed by atoms with Crippen LogP contribution in [0, 0.1) is 11.8 Å². The van der Waals surface area contributed by atoms with Gasteiger partial charge in [-0.2, -0.15) is 0 Å². The van der Waals surface area contributed by atoms with E-state index < -0.39 is 0 Å². The van der Waals surface area contributed by atoms with Crippen molar-refractivity contribution in [2.75, 3.05) is 6.61 Å². The number of aliphatic hydroxyl groups is 1. The summed E-state index contributed by atoms with van der Waals surface area (Å²) < 4.78 is 5.64. The van der Waals surface area contributed by atoms with Crippen LogP contribution >= 0.6 is 0 Å². The molecule has 2 rings (SSSR count). The number of ether oxygens (including phenoxy) is 1. The minimum atomic E-state index is -0.342. The molecule has 0 aromatic heterocycles. The van der Waals surface area contributed by atoms with Gasteiger partial charge in [-0.25, -0.2) is 0 Å². The SMILES string of the molecule is CC1C=CC(O)C1COCc1ccccc1. The Morgan fingerprint density at radius 3 is 2.56 bits per heavy atom. The predicted molar refractivity (Wildman–Crippen MR) is 63.9 cm³/mol. The molecule has 2 heteroatoms. The molecule has 1 aliphatic rings. The van der Waals surface area contributed by atoms with Gasteiger partial charge in [-0.1, -0.05) is 49.4 Å². The Labute approximate surface area is 96.6 Å². The molecule has 1 aliphatic carbocycles. The lowest BCUT2D eigenvalue weighted by Gasteiger charge is -2.19. The number of hydrogen-bond donors (Lipinski definition) is 1. The zero-order chi connectivity index (χ0) is 11.4. The maximum absolute atomic E-state index is 9.69. The predicted octanol–water partition coefficient (Wildman–Crippen LogP) is 2.39. The van der Waals surface area contributed by atoms with Crippen LogP contribution in [0.4, 0.5) is 0 Å². The smallest absolute Gasteiger partial charge is 0.0776 e. The monoisotopic (exact) mass is 218 g/mol. The van der Waals surface area contributed by atoms with Gasteiger partial charge < -0.3 is 9.84 Å². The summed E-state index contributed by atoms with van der Waals surface area (Å²) in [5, 5.41) is 9.69. The number of rotatable bonds is 4. The third kappa shape index (κ3) is 2.71. The molecule has 0 amide bonds. The lowest BCUT2D eigenvalue weighted by Crippen LogP contribution is -2.23. The normalized spacial score (nSPS) is 28.5. The van der Waals surface area contributed by atoms with Crippen molar-refractivity contribution >= 4 is 0 Å². The summed E-state index contributed by atoms with van der Waals surface area (Å²) in [7, 11) is 0. The summed E-state index contributed by atoms with van der Waals surface area (Å²) in [6.45, 7) is 3.35. The van der Waals surface area contributed by atoms with Crippen molar-refractivity contribution in [2.45, 2.75) is 19.6 Å². The molecule has 2 nitrogen and oxygen atoms in total. The van der Waals surface area contributed by atoms with Gasteiger partial charge in [-0.3, -0.25) is 0 Å². The van der Waals surface area contributed by atoms with Gasteiger partial charge in [0, 0.05) is 5.92 Å². The second kappa shape index (κ2) is 5.28. The van der Waals surface area contributed by atoms with E-state index in [9.17, 15) is 5.11 Å². The highest BCUT2D eigenvalue weighted by molar-refractivity contribution is 5.13. The molecule has 16 heavy (non-hydrogen) atoms. The highest BCUT2D eigenvalue weighted by atomic mass is 16.5. The molecule has 0 fully saturated rings. The van der Waals surface area contributed by atoms with E-state index in [0.29, 0.717) is 19.1 Å². The number of benzene rings is 1. The summed E-state index contributed by atoms with van der Waals surface area (Å²) in [5.41, 5.74) is 1.18. The molecule has 0 saturated heterocycles. The average molecular weight is 218 g/mol. The van der Waals surface area contributed by atoms with Crippen molar-refractivity contribution in [2.24, 2.45) is 11.8 Å². The van der Waals surface area contributed by atoms with Crippen molar-refractivity contribution in [3.63, 3.8) is 0 Å². The van der Waals surface area contributed by atoms with Gasteiger partial charge in [-0.15, -0.1) is 0 Å². The van der Waals surface area contributed by atoms with Gasteiger partial charge in [-0.05, 0) is 11.5 Å². The topological polar surface area (TPSA) is 29.5 Å². The van der Waals surface area contributed by atoms with Gasteiger partial charge >= 0.3 is 0 Å². The maximum Gasteiger partial charge on any atom is 0.0776 e. The van der Waals surface area contributed by atoms with Crippen LogP contribution in [0.25, 0.3) is 0 Å². The Kier molecular flexibility index (Phi) is 3.75. The third-order valence-corrected chi connectivity index (χ3v) is 3.15. The van der Waals surface area contributed by atoms with Crippen molar-refractivity contribution in [3.8, 4) is 0 Å². The lowest BCUT2D eigenvalue weighted by atomic mass is 9.97. The van der Waals surface area contributed by atoms with Gasteiger partial charge in [0.1, 0.15) is 0 Å². The molecule has 0 spiro atoms. The van der Waals surface area contributed by atoms with Crippen LogP contribution in [-0.2, 0) is 11.3 Å². The first-order valence-electron chi connectivity index (χ1n) is 5.75. The van der Waals surface area contributed by atoms with Crippen LogP contribution in [-0.4, -0.2) is 17.8 Å². The molecule has 0 radical (unpaired) electrons. The largest absolute Gasteiger partial charge is 0.389 e. The molecule has 86 valence electrons. The van der Waals surface area contributed by atoms with Crippen LogP contribution in [0.1, 0.15) is 12.5 Å². The Balaban J connectivity index is 1.76. The summed E-state index contributed by atoms with van der Waals surface area (Å²) in [6.07, 6.45) is 3.58. The molecule has 0 heterocycles. The van der Waals surface area contributed by atoms with Crippen LogP contribution in [0.5, 0.6) is 0 Å². The fourth-order valence-electron chi connectivity index (χ4n) is 2.02. The van der Waals surface area contributed by atoms with E-state index in [-0.39, 0.29) is 12.0 Å². The van der Waals surface area contributed by atoms with Crippen LogP contribution < -0.4 is 0 Å². The quantitative estimate of drug-likeness (QED) is 0.786. The minimum absolute atomic E-state index is 0.212. The first-order chi connectivity index (χ1) is 7.77. The van der Waals surface area contributed by atoms with Gasteiger partial charge in [0.25, 0.3) is 0 Å².